The van der Waals surface area contributed by atoms with Gasteiger partial charge in [-0.05, 0) is 67.9 Å². The summed E-state index contributed by atoms with van der Waals surface area (Å²) in [5.74, 6) is 2.37. The summed E-state index contributed by atoms with van der Waals surface area (Å²) in [5, 5.41) is 0. The summed E-state index contributed by atoms with van der Waals surface area (Å²) in [6, 6.07) is 9.25. The molecule has 1 aliphatic carbocycles. The second-order valence-electron chi connectivity index (χ2n) is 8.21. The van der Waals surface area contributed by atoms with Crippen molar-refractivity contribution in [2.45, 2.75) is 83.7 Å². The molecule has 1 aromatic carbocycles. The molecule has 1 saturated carbocycles. The highest BCUT2D eigenvalue weighted by Crippen LogP contribution is 2.33. The molecule has 0 amide bonds. The van der Waals surface area contributed by atoms with Gasteiger partial charge in [0.05, 0.1) is 12.7 Å². The fourth-order valence-electron chi connectivity index (χ4n) is 4.50. The van der Waals surface area contributed by atoms with Crippen molar-refractivity contribution < 1.29 is 4.74 Å². The number of aryl methyl sites for hydroxylation is 1. The minimum atomic E-state index is 0.347. The number of hydrogen-bond acceptors (Lipinski definition) is 1. The van der Waals surface area contributed by atoms with E-state index in [-0.39, 0.29) is 0 Å². The van der Waals surface area contributed by atoms with E-state index < -0.39 is 0 Å². The van der Waals surface area contributed by atoms with Crippen LogP contribution in [0.5, 0.6) is 0 Å². The van der Waals surface area contributed by atoms with Crippen LogP contribution >= 0.6 is 0 Å². The van der Waals surface area contributed by atoms with Gasteiger partial charge in [0, 0.05) is 5.92 Å². The second kappa shape index (κ2) is 9.57. The average Bonchev–Trinajstić information content (AvgIpc) is 2.68. The Balaban J connectivity index is 1.43. The molecule has 0 spiro atoms. The molecule has 1 aliphatic heterocycles. The SMILES string of the molecule is CCCc1ccc(C2CCC(/C=C/C3CCC(CC)CC3)OC2)cc1. The second-order valence-corrected chi connectivity index (χ2v) is 8.21. The molecule has 138 valence electrons. The number of rotatable bonds is 6. The van der Waals surface area contributed by atoms with Gasteiger partial charge in [0.1, 0.15) is 0 Å². The van der Waals surface area contributed by atoms with Crippen LogP contribution in [-0.4, -0.2) is 12.7 Å². The van der Waals surface area contributed by atoms with Crippen molar-refractivity contribution in [3.05, 3.63) is 47.5 Å². The average molecular weight is 341 g/mol. The molecule has 2 fully saturated rings. The lowest BCUT2D eigenvalue weighted by molar-refractivity contribution is 0.0323. The van der Waals surface area contributed by atoms with E-state index in [4.69, 9.17) is 4.74 Å². The Hall–Kier alpha value is -1.08. The Morgan fingerprint density at radius 2 is 1.68 bits per heavy atom. The molecule has 0 N–H and O–H groups in total. The van der Waals surface area contributed by atoms with Crippen LogP contribution in [0.25, 0.3) is 0 Å². The summed E-state index contributed by atoms with van der Waals surface area (Å²) < 4.78 is 6.17. The monoisotopic (exact) mass is 340 g/mol. The molecule has 0 aromatic heterocycles. The Morgan fingerprint density at radius 3 is 2.28 bits per heavy atom. The number of ether oxygens (including phenoxy) is 1. The van der Waals surface area contributed by atoms with Crippen LogP contribution in [0.3, 0.4) is 0 Å². The van der Waals surface area contributed by atoms with Gasteiger partial charge in [-0.25, -0.2) is 0 Å². The Labute approximate surface area is 154 Å². The summed E-state index contributed by atoms with van der Waals surface area (Å²) in [7, 11) is 0. The fraction of sp³-hybridized carbons (Fsp3) is 0.667. The number of benzene rings is 1. The minimum Gasteiger partial charge on any atom is -0.374 e. The largest absolute Gasteiger partial charge is 0.374 e. The highest BCUT2D eigenvalue weighted by Gasteiger charge is 2.22. The van der Waals surface area contributed by atoms with Gasteiger partial charge in [-0.15, -0.1) is 0 Å². The highest BCUT2D eigenvalue weighted by molar-refractivity contribution is 5.26. The topological polar surface area (TPSA) is 9.23 Å². The molecule has 0 bridgehead atoms. The standard InChI is InChI=1S/C24H36O/c1-3-5-20-10-13-22(14-11-20)23-15-17-24(25-18-23)16-12-21-8-6-19(4-2)7-9-21/h10-14,16,19,21,23-24H,3-9,15,17-18H2,1-2H3/b16-12+. The van der Waals surface area contributed by atoms with Crippen LogP contribution in [0.4, 0.5) is 0 Å². The third-order valence-electron chi connectivity index (χ3n) is 6.37. The molecule has 1 saturated heterocycles. The minimum absolute atomic E-state index is 0.347. The molecule has 25 heavy (non-hydrogen) atoms. The number of allylic oxidation sites excluding steroid dienone is 1. The maximum absolute atomic E-state index is 6.17. The van der Waals surface area contributed by atoms with Crippen molar-refractivity contribution in [2.24, 2.45) is 11.8 Å². The molecule has 0 radical (unpaired) electrons. The quantitative estimate of drug-likeness (QED) is 0.525. The van der Waals surface area contributed by atoms with Gasteiger partial charge in [-0.3, -0.25) is 0 Å². The Kier molecular flexibility index (Phi) is 7.16. The lowest BCUT2D eigenvalue weighted by atomic mass is 9.80. The van der Waals surface area contributed by atoms with Crippen molar-refractivity contribution >= 4 is 0 Å². The van der Waals surface area contributed by atoms with Gasteiger partial charge in [0.25, 0.3) is 0 Å². The van der Waals surface area contributed by atoms with Crippen molar-refractivity contribution in [1.29, 1.82) is 0 Å². The van der Waals surface area contributed by atoms with Crippen molar-refractivity contribution in [3.8, 4) is 0 Å². The molecule has 2 aliphatic rings. The van der Waals surface area contributed by atoms with Gasteiger partial charge in [0.2, 0.25) is 0 Å². The highest BCUT2D eigenvalue weighted by atomic mass is 16.5. The van der Waals surface area contributed by atoms with Crippen molar-refractivity contribution in [2.75, 3.05) is 6.61 Å². The van der Waals surface area contributed by atoms with Gasteiger partial charge >= 0.3 is 0 Å². The summed E-state index contributed by atoms with van der Waals surface area (Å²) >= 11 is 0. The number of hydrogen-bond donors (Lipinski definition) is 0. The molecule has 3 rings (SSSR count). The predicted octanol–water partition coefficient (Wildman–Crippen LogP) is 6.67. The Morgan fingerprint density at radius 1 is 0.920 bits per heavy atom. The maximum Gasteiger partial charge on any atom is 0.0756 e. The summed E-state index contributed by atoms with van der Waals surface area (Å²) in [6.45, 7) is 5.46. The van der Waals surface area contributed by atoms with E-state index >= 15 is 0 Å². The van der Waals surface area contributed by atoms with Crippen LogP contribution in [0.1, 0.15) is 82.3 Å². The van der Waals surface area contributed by atoms with E-state index in [1.165, 1.54) is 68.9 Å². The molecule has 2 unspecified atom stereocenters. The van der Waals surface area contributed by atoms with Crippen LogP contribution in [0.15, 0.2) is 36.4 Å². The Bertz CT molecular complexity index is 514. The van der Waals surface area contributed by atoms with Crippen molar-refractivity contribution in [1.82, 2.24) is 0 Å². The molecule has 2 atom stereocenters. The van der Waals surface area contributed by atoms with E-state index in [0.717, 1.165) is 18.4 Å². The third-order valence-corrected chi connectivity index (χ3v) is 6.37. The zero-order valence-electron chi connectivity index (χ0n) is 16.3. The van der Waals surface area contributed by atoms with E-state index in [2.05, 4.69) is 50.3 Å². The van der Waals surface area contributed by atoms with Gasteiger partial charge in [-0.2, -0.15) is 0 Å². The van der Waals surface area contributed by atoms with E-state index in [1.807, 2.05) is 0 Å². The summed E-state index contributed by atoms with van der Waals surface area (Å²) in [6.07, 6.45) is 17.0. The van der Waals surface area contributed by atoms with Crippen LogP contribution in [0.2, 0.25) is 0 Å². The summed E-state index contributed by atoms with van der Waals surface area (Å²) in [4.78, 5) is 0. The molecular formula is C24H36O. The fourth-order valence-corrected chi connectivity index (χ4v) is 4.50. The zero-order valence-corrected chi connectivity index (χ0v) is 16.3. The summed E-state index contributed by atoms with van der Waals surface area (Å²) in [5.41, 5.74) is 2.92. The van der Waals surface area contributed by atoms with Crippen molar-refractivity contribution in [3.63, 3.8) is 0 Å². The van der Waals surface area contributed by atoms with Gasteiger partial charge in [-0.1, -0.05) is 63.1 Å². The van der Waals surface area contributed by atoms with Crippen LogP contribution < -0.4 is 0 Å². The smallest absolute Gasteiger partial charge is 0.0756 e. The lowest BCUT2D eigenvalue weighted by Gasteiger charge is -2.29. The van der Waals surface area contributed by atoms with Gasteiger partial charge in [0.15, 0.2) is 0 Å². The third kappa shape index (κ3) is 5.45. The van der Waals surface area contributed by atoms with Crippen LogP contribution in [0, 0.1) is 11.8 Å². The zero-order chi connectivity index (χ0) is 17.5. The first-order valence-corrected chi connectivity index (χ1v) is 10.7. The van der Waals surface area contributed by atoms with E-state index in [9.17, 15) is 0 Å². The molecular weight excluding hydrogens is 304 g/mol. The maximum atomic E-state index is 6.17. The first-order chi connectivity index (χ1) is 12.3. The lowest BCUT2D eigenvalue weighted by Crippen LogP contribution is -2.23. The molecule has 1 heterocycles. The van der Waals surface area contributed by atoms with E-state index in [1.54, 1.807) is 0 Å². The molecule has 1 heteroatoms. The first-order valence-electron chi connectivity index (χ1n) is 10.7. The van der Waals surface area contributed by atoms with Crippen LogP contribution in [-0.2, 0) is 11.2 Å². The first kappa shape index (κ1) is 18.7. The van der Waals surface area contributed by atoms with E-state index in [0.29, 0.717) is 12.0 Å². The van der Waals surface area contributed by atoms with Gasteiger partial charge < -0.3 is 4.74 Å². The molecule has 1 aromatic rings. The normalized spacial score (nSPS) is 30.6. The predicted molar refractivity (Wildman–Crippen MR) is 107 cm³/mol. The molecule has 1 nitrogen and oxygen atoms in total.